The fraction of sp³-hybridized carbons (Fsp3) is 0.923. The molecule has 0 bridgehead atoms. The van der Waals surface area contributed by atoms with E-state index < -0.39 is 22.1 Å². The van der Waals surface area contributed by atoms with Crippen molar-refractivity contribution in [1.29, 1.82) is 0 Å². The van der Waals surface area contributed by atoms with Crippen molar-refractivity contribution in [3.05, 3.63) is 0 Å². The van der Waals surface area contributed by atoms with Gasteiger partial charge >= 0.3 is 5.97 Å². The monoisotopic (exact) mass is 317 g/mol. The van der Waals surface area contributed by atoms with E-state index in [4.69, 9.17) is 5.11 Å². The van der Waals surface area contributed by atoms with E-state index in [0.717, 1.165) is 13.1 Å². The Hall–Kier alpha value is -0.700. The molecule has 1 N–H and O–H groups in total. The Morgan fingerprint density at radius 3 is 1.86 bits per heavy atom. The number of carboxylic acids is 1. The molecule has 8 heteroatoms. The molecule has 2 aliphatic heterocycles. The maximum atomic E-state index is 12.6. The van der Waals surface area contributed by atoms with Crippen molar-refractivity contribution >= 4 is 16.2 Å². The second-order valence-electron chi connectivity index (χ2n) is 6.19. The van der Waals surface area contributed by atoms with Crippen molar-refractivity contribution in [2.45, 2.75) is 31.7 Å². The van der Waals surface area contributed by atoms with Crippen LogP contribution in [0, 0.1) is 5.92 Å². The number of hydrogen-bond donors (Lipinski definition) is 1. The minimum absolute atomic E-state index is 0.322. The van der Waals surface area contributed by atoms with E-state index in [0.29, 0.717) is 45.1 Å². The number of nitrogens with zero attached hydrogens (tertiary/aromatic N) is 3. The molecule has 2 saturated heterocycles. The molecule has 3 fully saturated rings. The number of piperidine rings is 1. The lowest BCUT2D eigenvalue weighted by atomic mass is 9.99. The molecule has 0 radical (unpaired) electrons. The minimum atomic E-state index is -3.42. The second-order valence-corrected chi connectivity index (χ2v) is 8.11. The number of rotatable bonds is 4. The van der Waals surface area contributed by atoms with Crippen LogP contribution in [0.4, 0.5) is 0 Å². The predicted molar refractivity (Wildman–Crippen MR) is 77.0 cm³/mol. The molecule has 0 spiro atoms. The largest absolute Gasteiger partial charge is 0.481 e. The normalized spacial score (nSPS) is 27.8. The third-order valence-corrected chi connectivity index (χ3v) is 6.83. The molecule has 120 valence electrons. The standard InChI is InChI=1S/C13H23N3O4S/c17-13(18)11-3-5-15(6-4-11)21(19,20)16-9-7-14(8-10-16)12-1-2-12/h11-12H,1-10H2,(H,17,18). The van der Waals surface area contributed by atoms with Gasteiger partial charge in [-0.3, -0.25) is 9.69 Å². The molecule has 0 aromatic heterocycles. The Morgan fingerprint density at radius 1 is 0.857 bits per heavy atom. The van der Waals surface area contributed by atoms with Gasteiger partial charge in [0.05, 0.1) is 5.92 Å². The molecule has 0 amide bonds. The molecular weight excluding hydrogens is 294 g/mol. The Balaban J connectivity index is 1.56. The number of hydrogen-bond acceptors (Lipinski definition) is 4. The highest BCUT2D eigenvalue weighted by Crippen LogP contribution is 2.28. The molecule has 2 heterocycles. The van der Waals surface area contributed by atoms with E-state index in [-0.39, 0.29) is 0 Å². The molecule has 21 heavy (non-hydrogen) atoms. The lowest BCUT2D eigenvalue weighted by Gasteiger charge is -2.38. The van der Waals surface area contributed by atoms with Crippen molar-refractivity contribution in [1.82, 2.24) is 13.5 Å². The summed E-state index contributed by atoms with van der Waals surface area (Å²) in [6, 6.07) is 0.682. The molecule has 0 aromatic rings. The maximum Gasteiger partial charge on any atom is 0.306 e. The summed E-state index contributed by atoms with van der Waals surface area (Å²) in [6.07, 6.45) is 3.32. The van der Waals surface area contributed by atoms with Crippen LogP contribution in [-0.4, -0.2) is 78.3 Å². The highest BCUT2D eigenvalue weighted by Gasteiger charge is 2.38. The quantitative estimate of drug-likeness (QED) is 0.777. The summed E-state index contributed by atoms with van der Waals surface area (Å²) in [4.78, 5) is 13.3. The molecule has 7 nitrogen and oxygen atoms in total. The van der Waals surface area contributed by atoms with E-state index in [1.165, 1.54) is 17.1 Å². The van der Waals surface area contributed by atoms with Crippen LogP contribution in [0.25, 0.3) is 0 Å². The lowest BCUT2D eigenvalue weighted by Crippen LogP contribution is -2.54. The summed E-state index contributed by atoms with van der Waals surface area (Å²) in [5.74, 6) is -1.21. The van der Waals surface area contributed by atoms with Crippen LogP contribution in [0.3, 0.4) is 0 Å². The molecule has 0 unspecified atom stereocenters. The zero-order valence-electron chi connectivity index (χ0n) is 12.1. The van der Waals surface area contributed by atoms with Gasteiger partial charge in [0.1, 0.15) is 0 Å². The summed E-state index contributed by atoms with van der Waals surface area (Å²) in [5, 5.41) is 8.98. The number of carboxylic acid groups (broad SMARTS) is 1. The van der Waals surface area contributed by atoms with Gasteiger partial charge in [0.25, 0.3) is 10.2 Å². The highest BCUT2D eigenvalue weighted by molar-refractivity contribution is 7.86. The first kappa shape index (κ1) is 15.2. The second kappa shape index (κ2) is 5.83. The van der Waals surface area contributed by atoms with Crippen molar-refractivity contribution < 1.29 is 18.3 Å². The predicted octanol–water partition coefficient (Wildman–Crippen LogP) is -0.192. The Kier molecular flexibility index (Phi) is 4.22. The molecule has 3 aliphatic rings. The van der Waals surface area contributed by atoms with Gasteiger partial charge in [-0.05, 0) is 25.7 Å². The van der Waals surface area contributed by atoms with Crippen molar-refractivity contribution in [2.75, 3.05) is 39.3 Å². The van der Waals surface area contributed by atoms with Crippen molar-refractivity contribution in [3.8, 4) is 0 Å². The fourth-order valence-electron chi connectivity index (χ4n) is 3.24. The molecule has 1 saturated carbocycles. The third kappa shape index (κ3) is 3.23. The molecule has 0 atom stereocenters. The van der Waals surface area contributed by atoms with Crippen LogP contribution < -0.4 is 0 Å². The smallest absolute Gasteiger partial charge is 0.306 e. The van der Waals surface area contributed by atoms with Gasteiger partial charge in [-0.2, -0.15) is 17.0 Å². The molecular formula is C13H23N3O4S. The molecule has 1 aliphatic carbocycles. The van der Waals surface area contributed by atoms with Gasteiger partial charge in [-0.25, -0.2) is 0 Å². The van der Waals surface area contributed by atoms with E-state index in [9.17, 15) is 13.2 Å². The van der Waals surface area contributed by atoms with Crippen LogP contribution in [0.5, 0.6) is 0 Å². The summed E-state index contributed by atoms with van der Waals surface area (Å²) in [6.45, 7) is 3.38. The van der Waals surface area contributed by atoms with Gasteiger partial charge in [0.15, 0.2) is 0 Å². The summed E-state index contributed by atoms with van der Waals surface area (Å²) in [5.41, 5.74) is 0. The van der Waals surface area contributed by atoms with Gasteiger partial charge in [0, 0.05) is 45.3 Å². The number of aliphatic carboxylic acids is 1. The van der Waals surface area contributed by atoms with Crippen molar-refractivity contribution in [2.24, 2.45) is 5.92 Å². The summed E-state index contributed by atoms with van der Waals surface area (Å²) in [7, 11) is -3.42. The minimum Gasteiger partial charge on any atom is -0.481 e. The zero-order valence-corrected chi connectivity index (χ0v) is 13.0. The molecule has 3 rings (SSSR count). The lowest BCUT2D eigenvalue weighted by molar-refractivity contribution is -0.142. The van der Waals surface area contributed by atoms with E-state index in [1.807, 2.05) is 0 Å². The summed E-state index contributed by atoms with van der Waals surface area (Å²) < 4.78 is 28.2. The fourth-order valence-corrected chi connectivity index (χ4v) is 4.86. The number of piperazine rings is 1. The van der Waals surface area contributed by atoms with Crippen LogP contribution in [-0.2, 0) is 15.0 Å². The van der Waals surface area contributed by atoms with Crippen molar-refractivity contribution in [3.63, 3.8) is 0 Å². The first-order chi connectivity index (χ1) is 9.98. The Labute approximate surface area is 125 Å². The Bertz CT molecular complexity index is 490. The van der Waals surface area contributed by atoms with E-state index >= 15 is 0 Å². The maximum absolute atomic E-state index is 12.6. The molecule has 0 aromatic carbocycles. The van der Waals surface area contributed by atoms with Gasteiger partial charge in [-0.15, -0.1) is 0 Å². The number of carbonyl (C=O) groups is 1. The van der Waals surface area contributed by atoms with Crippen LogP contribution in [0.2, 0.25) is 0 Å². The Morgan fingerprint density at radius 2 is 1.38 bits per heavy atom. The third-order valence-electron chi connectivity index (χ3n) is 4.79. The van der Waals surface area contributed by atoms with E-state index in [2.05, 4.69) is 4.90 Å². The van der Waals surface area contributed by atoms with Gasteiger partial charge in [-0.1, -0.05) is 0 Å². The van der Waals surface area contributed by atoms with Gasteiger partial charge < -0.3 is 5.11 Å². The highest BCUT2D eigenvalue weighted by atomic mass is 32.2. The topological polar surface area (TPSA) is 81.2 Å². The summed E-state index contributed by atoms with van der Waals surface area (Å²) >= 11 is 0. The average molecular weight is 317 g/mol. The first-order valence-electron chi connectivity index (χ1n) is 7.70. The van der Waals surface area contributed by atoms with Crippen LogP contribution in [0.15, 0.2) is 0 Å². The van der Waals surface area contributed by atoms with Crippen LogP contribution in [0.1, 0.15) is 25.7 Å². The SMILES string of the molecule is O=C(O)C1CCN(S(=O)(=O)N2CCN(C3CC3)CC2)CC1. The van der Waals surface area contributed by atoms with Crippen LogP contribution >= 0.6 is 0 Å². The van der Waals surface area contributed by atoms with Gasteiger partial charge in [0.2, 0.25) is 0 Å². The zero-order chi connectivity index (χ0) is 15.0. The first-order valence-corrected chi connectivity index (χ1v) is 9.10. The van der Waals surface area contributed by atoms with E-state index in [1.54, 1.807) is 4.31 Å². The average Bonchev–Trinajstić information content (AvgIpc) is 3.32.